The van der Waals surface area contributed by atoms with Gasteiger partial charge in [-0.3, -0.25) is 0 Å². The first-order valence-electron chi connectivity index (χ1n) is 10.5. The first-order chi connectivity index (χ1) is 15.0. The minimum absolute atomic E-state index is 0.130. The highest BCUT2D eigenvalue weighted by Crippen LogP contribution is 2.34. The van der Waals surface area contributed by atoms with Gasteiger partial charge in [-0.25, -0.2) is 15.0 Å². The van der Waals surface area contributed by atoms with Crippen molar-refractivity contribution in [2.45, 2.75) is 26.2 Å². The van der Waals surface area contributed by atoms with Gasteiger partial charge in [0.15, 0.2) is 0 Å². The van der Waals surface area contributed by atoms with Gasteiger partial charge in [0.1, 0.15) is 12.1 Å². The summed E-state index contributed by atoms with van der Waals surface area (Å²) in [5, 5.41) is 6.69. The second kappa shape index (κ2) is 7.47. The molecule has 0 atom stereocenters. The molecule has 0 radical (unpaired) electrons. The van der Waals surface area contributed by atoms with Gasteiger partial charge in [-0.05, 0) is 34.6 Å². The third kappa shape index (κ3) is 3.61. The van der Waals surface area contributed by atoms with Crippen LogP contribution in [0.2, 0.25) is 0 Å². The average molecular weight is 405 g/mol. The molecule has 0 amide bonds. The number of aromatic nitrogens is 3. The van der Waals surface area contributed by atoms with Crippen LogP contribution in [-0.4, -0.2) is 15.0 Å². The Balaban J connectivity index is 1.60. The Bertz CT molecular complexity index is 1380. The molecule has 0 saturated carbocycles. The number of nitrogens with zero attached hydrogens (tertiary/aromatic N) is 3. The van der Waals surface area contributed by atoms with Gasteiger partial charge >= 0.3 is 0 Å². The molecule has 0 aliphatic carbocycles. The van der Waals surface area contributed by atoms with Crippen molar-refractivity contribution in [3.8, 4) is 11.3 Å². The van der Waals surface area contributed by atoms with Crippen LogP contribution in [0.4, 0.5) is 11.5 Å². The molecule has 152 valence electrons. The molecule has 3 aromatic carbocycles. The van der Waals surface area contributed by atoms with Crippen molar-refractivity contribution in [2.24, 2.45) is 0 Å². The second-order valence-corrected chi connectivity index (χ2v) is 8.76. The smallest absolute Gasteiger partial charge is 0.138 e. The van der Waals surface area contributed by atoms with Gasteiger partial charge in [-0.2, -0.15) is 0 Å². The van der Waals surface area contributed by atoms with E-state index in [-0.39, 0.29) is 5.41 Å². The summed E-state index contributed by atoms with van der Waals surface area (Å²) in [6, 6.07) is 25.0. The van der Waals surface area contributed by atoms with Crippen molar-refractivity contribution in [3.05, 3.63) is 90.9 Å². The van der Waals surface area contributed by atoms with E-state index in [9.17, 15) is 0 Å². The first kappa shape index (κ1) is 19.2. The van der Waals surface area contributed by atoms with E-state index in [4.69, 9.17) is 4.98 Å². The van der Waals surface area contributed by atoms with E-state index in [1.807, 2.05) is 30.5 Å². The van der Waals surface area contributed by atoms with Gasteiger partial charge in [-0.15, -0.1) is 0 Å². The molecule has 31 heavy (non-hydrogen) atoms. The number of benzene rings is 3. The molecule has 2 aromatic heterocycles. The number of fused-ring (bicyclic) bond motifs is 2. The van der Waals surface area contributed by atoms with E-state index in [0.717, 1.165) is 44.4 Å². The molecule has 2 heterocycles. The molecule has 0 bridgehead atoms. The zero-order valence-corrected chi connectivity index (χ0v) is 17.9. The van der Waals surface area contributed by atoms with Gasteiger partial charge in [0, 0.05) is 28.2 Å². The molecular weight excluding hydrogens is 380 g/mol. The number of nitrogens with one attached hydrogen (secondary N) is 1. The monoisotopic (exact) mass is 404 g/mol. The molecule has 4 heteroatoms. The van der Waals surface area contributed by atoms with Crippen molar-refractivity contribution < 1.29 is 0 Å². The summed E-state index contributed by atoms with van der Waals surface area (Å²) in [6.45, 7) is 6.67. The molecule has 0 aliphatic heterocycles. The number of anilines is 2. The molecule has 4 nitrogen and oxygen atoms in total. The summed E-state index contributed by atoms with van der Waals surface area (Å²) in [6.07, 6.45) is 3.53. The molecule has 5 rings (SSSR count). The fourth-order valence-corrected chi connectivity index (χ4v) is 3.89. The molecule has 0 fully saturated rings. The van der Waals surface area contributed by atoms with E-state index >= 15 is 0 Å². The molecule has 0 unspecified atom stereocenters. The van der Waals surface area contributed by atoms with Crippen LogP contribution in [0.1, 0.15) is 26.3 Å². The van der Waals surface area contributed by atoms with Gasteiger partial charge in [-0.1, -0.05) is 75.4 Å². The number of hydrogen-bond donors (Lipinski definition) is 1. The maximum atomic E-state index is 4.78. The van der Waals surface area contributed by atoms with Crippen molar-refractivity contribution in [2.75, 3.05) is 5.32 Å². The number of pyridine rings is 1. The normalized spacial score (nSPS) is 11.7. The summed E-state index contributed by atoms with van der Waals surface area (Å²) >= 11 is 0. The molecule has 0 saturated heterocycles. The molecule has 5 aromatic rings. The zero-order chi connectivity index (χ0) is 21.4. The molecule has 0 spiro atoms. The van der Waals surface area contributed by atoms with E-state index < -0.39 is 0 Å². The Hall–Kier alpha value is -3.79. The predicted molar refractivity (Wildman–Crippen MR) is 129 cm³/mol. The molecular formula is C27H24N4. The first-order valence-corrected chi connectivity index (χ1v) is 10.5. The van der Waals surface area contributed by atoms with Crippen LogP contribution in [0.15, 0.2) is 85.3 Å². The maximum absolute atomic E-state index is 4.78. The standard InChI is InChI=1S/C27H24N4/c1-27(2,3)18-12-14-19(15-13-18)31-26-21-9-5-4-8-20(21)23(16-28-26)25-22-10-6-7-11-24(22)29-17-30-25/h4-17H,1-3H3,(H,28,31). The van der Waals surface area contributed by atoms with Gasteiger partial charge in [0.05, 0.1) is 11.2 Å². The van der Waals surface area contributed by atoms with Crippen LogP contribution in [0.25, 0.3) is 32.9 Å². The lowest BCUT2D eigenvalue weighted by molar-refractivity contribution is 0.590. The Kier molecular flexibility index (Phi) is 4.63. The van der Waals surface area contributed by atoms with Gasteiger partial charge < -0.3 is 5.32 Å². The minimum Gasteiger partial charge on any atom is -0.340 e. The van der Waals surface area contributed by atoms with Gasteiger partial charge in [0.2, 0.25) is 0 Å². The third-order valence-electron chi connectivity index (χ3n) is 5.61. The Morgan fingerprint density at radius 1 is 0.677 bits per heavy atom. The maximum Gasteiger partial charge on any atom is 0.138 e. The van der Waals surface area contributed by atoms with Crippen LogP contribution < -0.4 is 5.32 Å². The van der Waals surface area contributed by atoms with Crippen LogP contribution in [-0.2, 0) is 5.41 Å². The van der Waals surface area contributed by atoms with E-state index in [1.165, 1.54) is 5.56 Å². The van der Waals surface area contributed by atoms with Gasteiger partial charge in [0.25, 0.3) is 0 Å². The SMILES string of the molecule is CC(C)(C)c1ccc(Nc2ncc(-c3ncnc4ccccc34)c3ccccc23)cc1. The summed E-state index contributed by atoms with van der Waals surface area (Å²) < 4.78 is 0. The molecule has 1 N–H and O–H groups in total. The quantitative estimate of drug-likeness (QED) is 0.356. The van der Waals surface area contributed by atoms with E-state index in [0.29, 0.717) is 0 Å². The average Bonchev–Trinajstić information content (AvgIpc) is 2.79. The Labute approximate surface area is 182 Å². The summed E-state index contributed by atoms with van der Waals surface area (Å²) in [4.78, 5) is 13.8. The highest BCUT2D eigenvalue weighted by molar-refractivity contribution is 6.06. The predicted octanol–water partition coefficient (Wildman–Crippen LogP) is 6.89. The van der Waals surface area contributed by atoms with Crippen LogP contribution in [0.3, 0.4) is 0 Å². The van der Waals surface area contributed by atoms with Crippen molar-refractivity contribution in [3.63, 3.8) is 0 Å². The Morgan fingerprint density at radius 2 is 1.35 bits per heavy atom. The van der Waals surface area contributed by atoms with Crippen molar-refractivity contribution in [1.82, 2.24) is 15.0 Å². The van der Waals surface area contributed by atoms with Crippen LogP contribution >= 0.6 is 0 Å². The fraction of sp³-hybridized carbons (Fsp3) is 0.148. The number of para-hydroxylation sites is 1. The van der Waals surface area contributed by atoms with Crippen molar-refractivity contribution >= 4 is 33.2 Å². The second-order valence-electron chi connectivity index (χ2n) is 8.76. The lowest BCUT2D eigenvalue weighted by Crippen LogP contribution is -2.10. The minimum atomic E-state index is 0.130. The van der Waals surface area contributed by atoms with E-state index in [2.05, 4.69) is 84.6 Å². The Morgan fingerprint density at radius 3 is 2.10 bits per heavy atom. The number of hydrogen-bond acceptors (Lipinski definition) is 4. The number of rotatable bonds is 3. The zero-order valence-electron chi connectivity index (χ0n) is 17.9. The summed E-state index contributed by atoms with van der Waals surface area (Å²) in [7, 11) is 0. The van der Waals surface area contributed by atoms with Crippen molar-refractivity contribution in [1.29, 1.82) is 0 Å². The highest BCUT2D eigenvalue weighted by Gasteiger charge is 2.15. The van der Waals surface area contributed by atoms with Crippen LogP contribution in [0, 0.1) is 0 Å². The lowest BCUT2D eigenvalue weighted by Gasteiger charge is -2.19. The third-order valence-corrected chi connectivity index (χ3v) is 5.61. The largest absolute Gasteiger partial charge is 0.340 e. The lowest BCUT2D eigenvalue weighted by atomic mass is 9.87. The summed E-state index contributed by atoms with van der Waals surface area (Å²) in [5.74, 6) is 0.834. The van der Waals surface area contributed by atoms with E-state index in [1.54, 1.807) is 6.33 Å². The fourth-order valence-electron chi connectivity index (χ4n) is 3.89. The summed E-state index contributed by atoms with van der Waals surface area (Å²) in [5.41, 5.74) is 5.29. The topological polar surface area (TPSA) is 50.7 Å². The molecule has 0 aliphatic rings. The highest BCUT2D eigenvalue weighted by atomic mass is 15.0. The van der Waals surface area contributed by atoms with Crippen LogP contribution in [0.5, 0.6) is 0 Å².